The van der Waals surface area contributed by atoms with Crippen LogP contribution in [0.5, 0.6) is 11.5 Å². The largest absolute Gasteiger partial charge is 0.497 e. The van der Waals surface area contributed by atoms with Crippen molar-refractivity contribution in [1.82, 2.24) is 9.80 Å². The lowest BCUT2D eigenvalue weighted by Crippen LogP contribution is -2.43. The Hall–Kier alpha value is -2.57. The molecule has 0 aliphatic carbocycles. The van der Waals surface area contributed by atoms with Crippen molar-refractivity contribution in [1.29, 1.82) is 0 Å². The third-order valence-corrected chi connectivity index (χ3v) is 4.97. The third kappa shape index (κ3) is 5.71. The van der Waals surface area contributed by atoms with E-state index in [9.17, 15) is 4.79 Å². The smallest absolute Gasteiger partial charge is 0.265 e. The van der Waals surface area contributed by atoms with Gasteiger partial charge in [-0.3, -0.25) is 9.69 Å². The zero-order chi connectivity index (χ0) is 19.9. The van der Waals surface area contributed by atoms with Gasteiger partial charge in [-0.1, -0.05) is 12.1 Å². The molecule has 150 valence electrons. The Morgan fingerprint density at radius 3 is 2.21 bits per heavy atom. The minimum atomic E-state index is -0.599. The molecule has 1 atom stereocenters. The minimum absolute atomic E-state index is 0.178. The topological polar surface area (TPSA) is 54.0 Å². The highest BCUT2D eigenvalue weighted by molar-refractivity contribution is 5.94. The first kappa shape index (κ1) is 20.2. The van der Waals surface area contributed by atoms with E-state index in [4.69, 9.17) is 9.47 Å². The Bertz CT molecular complexity index is 754. The molecule has 0 saturated carbocycles. The SMILES string of the molecule is COc1ccc(OC(C)C(=O)Nc2ccc(CN3CCN(C)CC3)cc2)cc1. The Morgan fingerprint density at radius 2 is 1.61 bits per heavy atom. The van der Waals surface area contributed by atoms with Gasteiger partial charge in [-0.2, -0.15) is 0 Å². The van der Waals surface area contributed by atoms with Crippen molar-refractivity contribution in [2.45, 2.75) is 19.6 Å². The van der Waals surface area contributed by atoms with Gasteiger partial charge in [0.05, 0.1) is 7.11 Å². The van der Waals surface area contributed by atoms with Crippen molar-refractivity contribution in [3.05, 3.63) is 54.1 Å². The molecule has 1 saturated heterocycles. The van der Waals surface area contributed by atoms with Crippen molar-refractivity contribution < 1.29 is 14.3 Å². The number of hydrogen-bond acceptors (Lipinski definition) is 5. The van der Waals surface area contributed by atoms with Crippen LogP contribution in [-0.2, 0) is 11.3 Å². The van der Waals surface area contributed by atoms with Gasteiger partial charge in [-0.25, -0.2) is 0 Å². The summed E-state index contributed by atoms with van der Waals surface area (Å²) in [6.45, 7) is 7.09. The van der Waals surface area contributed by atoms with E-state index in [1.807, 2.05) is 12.1 Å². The highest BCUT2D eigenvalue weighted by Crippen LogP contribution is 2.19. The van der Waals surface area contributed by atoms with Gasteiger partial charge in [0.1, 0.15) is 11.5 Å². The molecule has 1 fully saturated rings. The quantitative estimate of drug-likeness (QED) is 0.797. The number of nitrogens with zero attached hydrogens (tertiary/aromatic N) is 2. The number of benzene rings is 2. The number of amides is 1. The summed E-state index contributed by atoms with van der Waals surface area (Å²) in [7, 11) is 3.77. The van der Waals surface area contributed by atoms with Gasteiger partial charge in [0, 0.05) is 38.4 Å². The van der Waals surface area contributed by atoms with Gasteiger partial charge in [0.2, 0.25) is 0 Å². The number of nitrogens with one attached hydrogen (secondary N) is 1. The first-order valence-electron chi connectivity index (χ1n) is 9.65. The molecule has 1 aliphatic heterocycles. The van der Waals surface area contributed by atoms with Crippen molar-refractivity contribution in [2.24, 2.45) is 0 Å². The molecular weight excluding hydrogens is 354 g/mol. The molecule has 28 heavy (non-hydrogen) atoms. The summed E-state index contributed by atoms with van der Waals surface area (Å²) in [6.07, 6.45) is -0.599. The second-order valence-corrected chi connectivity index (χ2v) is 7.20. The molecule has 1 heterocycles. The first-order chi connectivity index (χ1) is 13.5. The van der Waals surface area contributed by atoms with Crippen LogP contribution in [0.2, 0.25) is 0 Å². The lowest BCUT2D eigenvalue weighted by Gasteiger charge is -2.32. The van der Waals surface area contributed by atoms with E-state index < -0.39 is 6.10 Å². The number of carbonyl (C=O) groups is 1. The van der Waals surface area contributed by atoms with Crippen LogP contribution in [0.3, 0.4) is 0 Å². The molecule has 1 amide bonds. The van der Waals surface area contributed by atoms with Crippen molar-refractivity contribution >= 4 is 11.6 Å². The summed E-state index contributed by atoms with van der Waals surface area (Å²) in [5.41, 5.74) is 2.03. The predicted octanol–water partition coefficient (Wildman–Crippen LogP) is 2.85. The van der Waals surface area contributed by atoms with Gasteiger partial charge < -0.3 is 19.7 Å². The zero-order valence-corrected chi connectivity index (χ0v) is 16.9. The third-order valence-electron chi connectivity index (χ3n) is 4.97. The summed E-state index contributed by atoms with van der Waals surface area (Å²) in [4.78, 5) is 17.2. The average molecular weight is 383 g/mol. The Labute approximate surface area is 167 Å². The lowest BCUT2D eigenvalue weighted by molar-refractivity contribution is -0.122. The molecule has 0 radical (unpaired) electrons. The van der Waals surface area contributed by atoms with E-state index in [2.05, 4.69) is 34.3 Å². The number of likely N-dealkylation sites (N-methyl/N-ethyl adjacent to an activating group) is 1. The number of anilines is 1. The van der Waals surface area contributed by atoms with Crippen LogP contribution in [0, 0.1) is 0 Å². The van der Waals surface area contributed by atoms with E-state index in [1.54, 1.807) is 38.3 Å². The van der Waals surface area contributed by atoms with Crippen LogP contribution in [0.1, 0.15) is 12.5 Å². The van der Waals surface area contributed by atoms with E-state index in [-0.39, 0.29) is 5.91 Å². The first-order valence-corrected chi connectivity index (χ1v) is 9.65. The van der Waals surface area contributed by atoms with Crippen LogP contribution < -0.4 is 14.8 Å². The summed E-state index contributed by atoms with van der Waals surface area (Å²) in [5.74, 6) is 1.20. The Morgan fingerprint density at radius 1 is 1.00 bits per heavy atom. The standard InChI is InChI=1S/C22H29N3O3/c1-17(28-21-10-8-20(27-3)9-11-21)22(26)23-19-6-4-18(5-7-19)16-25-14-12-24(2)13-15-25/h4-11,17H,12-16H2,1-3H3,(H,23,26). The second kappa shape index (κ2) is 9.57. The molecular formula is C22H29N3O3. The fourth-order valence-corrected chi connectivity index (χ4v) is 3.11. The lowest BCUT2D eigenvalue weighted by atomic mass is 10.1. The molecule has 6 heteroatoms. The molecule has 1 unspecified atom stereocenters. The van der Waals surface area contributed by atoms with Crippen LogP contribution in [0.25, 0.3) is 0 Å². The van der Waals surface area contributed by atoms with Gasteiger partial charge in [-0.15, -0.1) is 0 Å². The molecule has 0 bridgehead atoms. The monoisotopic (exact) mass is 383 g/mol. The number of methoxy groups -OCH3 is 1. The van der Waals surface area contributed by atoms with E-state index in [1.165, 1.54) is 5.56 Å². The van der Waals surface area contributed by atoms with Gasteiger partial charge >= 0.3 is 0 Å². The summed E-state index contributed by atoms with van der Waals surface area (Å²) in [5, 5.41) is 2.91. The highest BCUT2D eigenvalue weighted by atomic mass is 16.5. The highest BCUT2D eigenvalue weighted by Gasteiger charge is 2.16. The van der Waals surface area contributed by atoms with Crippen LogP contribution >= 0.6 is 0 Å². The van der Waals surface area contributed by atoms with Crippen LogP contribution in [-0.4, -0.2) is 62.1 Å². The van der Waals surface area contributed by atoms with E-state index in [0.29, 0.717) is 5.75 Å². The Kier molecular flexibility index (Phi) is 6.90. The molecule has 6 nitrogen and oxygen atoms in total. The maximum absolute atomic E-state index is 12.4. The van der Waals surface area contributed by atoms with E-state index >= 15 is 0 Å². The zero-order valence-electron chi connectivity index (χ0n) is 16.9. The number of rotatable bonds is 7. The summed E-state index contributed by atoms with van der Waals surface area (Å²) < 4.78 is 10.8. The summed E-state index contributed by atoms with van der Waals surface area (Å²) >= 11 is 0. The minimum Gasteiger partial charge on any atom is -0.497 e. The maximum atomic E-state index is 12.4. The number of hydrogen-bond donors (Lipinski definition) is 1. The molecule has 2 aromatic carbocycles. The normalized spacial score (nSPS) is 16.4. The fourth-order valence-electron chi connectivity index (χ4n) is 3.11. The molecule has 2 aromatic rings. The fraction of sp³-hybridized carbons (Fsp3) is 0.409. The van der Waals surface area contributed by atoms with Crippen LogP contribution in [0.4, 0.5) is 5.69 Å². The number of ether oxygens (including phenoxy) is 2. The van der Waals surface area contributed by atoms with E-state index in [0.717, 1.165) is 44.2 Å². The van der Waals surface area contributed by atoms with Crippen LogP contribution in [0.15, 0.2) is 48.5 Å². The molecule has 3 rings (SSSR count). The van der Waals surface area contributed by atoms with Crippen molar-refractivity contribution in [2.75, 3.05) is 45.7 Å². The maximum Gasteiger partial charge on any atom is 0.265 e. The number of piperazine rings is 1. The molecule has 1 aliphatic rings. The second-order valence-electron chi connectivity index (χ2n) is 7.20. The Balaban J connectivity index is 1.49. The number of carbonyl (C=O) groups excluding carboxylic acids is 1. The molecule has 0 spiro atoms. The molecule has 1 N–H and O–H groups in total. The van der Waals surface area contributed by atoms with Gasteiger partial charge in [-0.05, 0) is 55.9 Å². The average Bonchev–Trinajstić information content (AvgIpc) is 2.71. The van der Waals surface area contributed by atoms with Crippen molar-refractivity contribution in [3.8, 4) is 11.5 Å². The summed E-state index contributed by atoms with van der Waals surface area (Å²) in [6, 6.07) is 15.2. The van der Waals surface area contributed by atoms with Crippen molar-refractivity contribution in [3.63, 3.8) is 0 Å². The van der Waals surface area contributed by atoms with Gasteiger partial charge in [0.15, 0.2) is 6.10 Å². The predicted molar refractivity (Wildman–Crippen MR) is 111 cm³/mol. The molecule has 0 aromatic heterocycles. The van der Waals surface area contributed by atoms with Gasteiger partial charge in [0.25, 0.3) is 5.91 Å².